The first-order valence-electron chi connectivity index (χ1n) is 3.82. The molecule has 0 saturated carbocycles. The van der Waals surface area contributed by atoms with Crippen LogP contribution in [0.5, 0.6) is 0 Å². The summed E-state index contributed by atoms with van der Waals surface area (Å²) < 4.78 is -0.751. The molecule has 13 heavy (non-hydrogen) atoms. The van der Waals surface area contributed by atoms with Crippen LogP contribution in [0.1, 0.15) is 11.3 Å². The van der Waals surface area contributed by atoms with Crippen LogP contribution in [0.3, 0.4) is 0 Å². The van der Waals surface area contributed by atoms with Crippen molar-refractivity contribution in [3.8, 4) is 0 Å². The highest BCUT2D eigenvalue weighted by Crippen LogP contribution is 2.49. The minimum Gasteiger partial charge on any atom is -0.300 e. The monoisotopic (exact) mass is 230 g/mol. The SMILES string of the molecule is O=CC1(Cl)CC=C(c2cccs2)S1. The number of hydrogen-bond donors (Lipinski definition) is 0. The molecular weight excluding hydrogens is 224 g/mol. The fourth-order valence-corrected chi connectivity index (χ4v) is 3.31. The van der Waals surface area contributed by atoms with Gasteiger partial charge in [0.2, 0.25) is 0 Å². The molecule has 0 amide bonds. The highest BCUT2D eigenvalue weighted by molar-refractivity contribution is 8.11. The van der Waals surface area contributed by atoms with Crippen molar-refractivity contribution >= 4 is 45.9 Å². The van der Waals surface area contributed by atoms with Crippen molar-refractivity contribution in [1.82, 2.24) is 0 Å². The van der Waals surface area contributed by atoms with E-state index in [2.05, 4.69) is 0 Å². The molecular formula is C9H7ClOS2. The minimum absolute atomic E-state index is 0.621. The van der Waals surface area contributed by atoms with E-state index in [1.54, 1.807) is 11.3 Å². The number of carbonyl (C=O) groups excluding carboxylic acids is 1. The fourth-order valence-electron chi connectivity index (χ4n) is 1.14. The summed E-state index contributed by atoms with van der Waals surface area (Å²) in [6.07, 6.45) is 3.46. The summed E-state index contributed by atoms with van der Waals surface area (Å²) in [6, 6.07) is 4.04. The van der Waals surface area contributed by atoms with Crippen LogP contribution in [0.15, 0.2) is 23.6 Å². The first-order chi connectivity index (χ1) is 6.23. The van der Waals surface area contributed by atoms with Crippen molar-refractivity contribution in [3.05, 3.63) is 28.5 Å². The van der Waals surface area contributed by atoms with E-state index >= 15 is 0 Å². The molecule has 1 aromatic rings. The molecule has 0 spiro atoms. The molecule has 4 heteroatoms. The summed E-state index contributed by atoms with van der Waals surface area (Å²) in [5.41, 5.74) is 0. The number of halogens is 1. The van der Waals surface area contributed by atoms with Crippen molar-refractivity contribution in [2.75, 3.05) is 0 Å². The Kier molecular flexibility index (Phi) is 2.49. The van der Waals surface area contributed by atoms with Gasteiger partial charge in [0.15, 0.2) is 10.5 Å². The van der Waals surface area contributed by atoms with Gasteiger partial charge in [-0.2, -0.15) is 0 Å². The average Bonchev–Trinajstić information content (AvgIpc) is 2.73. The standard InChI is InChI=1S/C9H7ClOS2/c10-9(6-11)4-3-8(13-9)7-2-1-5-12-7/h1-3,5-6H,4H2. The van der Waals surface area contributed by atoms with Crippen LogP contribution in [-0.4, -0.2) is 10.5 Å². The molecule has 0 saturated heterocycles. The van der Waals surface area contributed by atoms with E-state index < -0.39 is 4.21 Å². The zero-order chi connectivity index (χ0) is 9.31. The lowest BCUT2D eigenvalue weighted by Gasteiger charge is -2.10. The lowest BCUT2D eigenvalue weighted by Crippen LogP contribution is -2.12. The highest BCUT2D eigenvalue weighted by atomic mass is 35.5. The molecule has 1 atom stereocenters. The van der Waals surface area contributed by atoms with Gasteiger partial charge in [-0.15, -0.1) is 11.3 Å². The molecule has 1 aliphatic heterocycles. The molecule has 0 radical (unpaired) electrons. The Bertz CT molecular complexity index is 345. The van der Waals surface area contributed by atoms with Gasteiger partial charge in [0.1, 0.15) is 0 Å². The van der Waals surface area contributed by atoms with Crippen LogP contribution in [0.25, 0.3) is 4.91 Å². The average molecular weight is 231 g/mol. The highest BCUT2D eigenvalue weighted by Gasteiger charge is 2.33. The van der Waals surface area contributed by atoms with Gasteiger partial charge >= 0.3 is 0 Å². The van der Waals surface area contributed by atoms with Crippen LogP contribution >= 0.6 is 34.7 Å². The van der Waals surface area contributed by atoms with Crippen LogP contribution < -0.4 is 0 Å². The summed E-state index contributed by atoms with van der Waals surface area (Å²) in [5, 5.41) is 2.02. The van der Waals surface area contributed by atoms with Gasteiger partial charge in [-0.05, 0) is 11.4 Å². The molecule has 0 aliphatic carbocycles. The number of thioether (sulfide) groups is 1. The van der Waals surface area contributed by atoms with Crippen molar-refractivity contribution < 1.29 is 4.79 Å². The van der Waals surface area contributed by atoms with E-state index in [9.17, 15) is 4.79 Å². The number of thiophene rings is 1. The molecule has 0 aromatic carbocycles. The zero-order valence-corrected chi connectivity index (χ0v) is 9.09. The van der Waals surface area contributed by atoms with Crippen LogP contribution in [0.2, 0.25) is 0 Å². The molecule has 2 heterocycles. The number of carbonyl (C=O) groups is 1. The Balaban J connectivity index is 2.19. The second kappa shape index (κ2) is 3.48. The van der Waals surface area contributed by atoms with Crippen LogP contribution in [0, 0.1) is 0 Å². The summed E-state index contributed by atoms with van der Waals surface area (Å²) in [4.78, 5) is 13.0. The lowest BCUT2D eigenvalue weighted by atomic mass is 10.3. The smallest absolute Gasteiger partial charge is 0.153 e. The van der Waals surface area contributed by atoms with E-state index in [1.165, 1.54) is 16.6 Å². The van der Waals surface area contributed by atoms with Gasteiger partial charge in [-0.3, -0.25) is 0 Å². The number of allylic oxidation sites excluding steroid dienone is 1. The predicted octanol–water partition coefficient (Wildman–Crippen LogP) is 3.36. The summed E-state index contributed by atoms with van der Waals surface area (Å²) in [5.74, 6) is 0. The van der Waals surface area contributed by atoms with E-state index in [0.29, 0.717) is 6.42 Å². The largest absolute Gasteiger partial charge is 0.300 e. The summed E-state index contributed by atoms with van der Waals surface area (Å²) >= 11 is 9.12. The second-order valence-corrected chi connectivity index (χ2v) is 5.97. The third-order valence-corrected chi connectivity index (χ3v) is 4.50. The maximum atomic E-state index is 10.7. The molecule has 0 N–H and O–H groups in total. The van der Waals surface area contributed by atoms with Crippen LogP contribution in [0.4, 0.5) is 0 Å². The molecule has 1 aliphatic rings. The molecule has 1 nitrogen and oxygen atoms in total. The molecule has 1 unspecified atom stereocenters. The lowest BCUT2D eigenvalue weighted by molar-refractivity contribution is -0.108. The zero-order valence-electron chi connectivity index (χ0n) is 6.70. The molecule has 0 fully saturated rings. The quantitative estimate of drug-likeness (QED) is 0.573. The molecule has 2 rings (SSSR count). The van der Waals surface area contributed by atoms with E-state index in [1.807, 2.05) is 23.6 Å². The van der Waals surface area contributed by atoms with E-state index in [-0.39, 0.29) is 0 Å². The number of hydrogen-bond acceptors (Lipinski definition) is 3. The van der Waals surface area contributed by atoms with Gasteiger partial charge in [-0.1, -0.05) is 35.5 Å². The first kappa shape index (κ1) is 9.31. The Labute approximate surface area is 89.8 Å². The Morgan fingerprint density at radius 2 is 2.46 bits per heavy atom. The van der Waals surface area contributed by atoms with E-state index in [0.717, 1.165) is 11.2 Å². The number of rotatable bonds is 2. The summed E-state index contributed by atoms with van der Waals surface area (Å²) in [6.45, 7) is 0. The van der Waals surface area contributed by atoms with Crippen molar-refractivity contribution in [2.45, 2.75) is 10.6 Å². The van der Waals surface area contributed by atoms with Crippen LogP contribution in [-0.2, 0) is 4.79 Å². The number of aldehydes is 1. The minimum atomic E-state index is -0.751. The van der Waals surface area contributed by atoms with Gasteiger partial charge in [0.05, 0.1) is 0 Å². The Hall–Kier alpha value is -0.250. The maximum absolute atomic E-state index is 10.7. The topological polar surface area (TPSA) is 17.1 Å². The third kappa shape index (κ3) is 1.82. The van der Waals surface area contributed by atoms with Gasteiger partial charge < -0.3 is 4.79 Å². The van der Waals surface area contributed by atoms with Gasteiger partial charge in [0, 0.05) is 16.2 Å². The number of alkyl halides is 1. The predicted molar refractivity (Wildman–Crippen MR) is 59.2 cm³/mol. The third-order valence-electron chi connectivity index (χ3n) is 1.79. The normalized spacial score (nSPS) is 27.3. The summed E-state index contributed by atoms with van der Waals surface area (Å²) in [7, 11) is 0. The van der Waals surface area contributed by atoms with Crippen molar-refractivity contribution in [3.63, 3.8) is 0 Å². The van der Waals surface area contributed by atoms with Gasteiger partial charge in [-0.25, -0.2) is 0 Å². The van der Waals surface area contributed by atoms with Crippen molar-refractivity contribution in [1.29, 1.82) is 0 Å². The molecule has 1 aromatic heterocycles. The van der Waals surface area contributed by atoms with E-state index in [4.69, 9.17) is 11.6 Å². The molecule has 68 valence electrons. The maximum Gasteiger partial charge on any atom is 0.153 e. The second-order valence-electron chi connectivity index (χ2n) is 2.76. The van der Waals surface area contributed by atoms with Gasteiger partial charge in [0.25, 0.3) is 0 Å². The fraction of sp³-hybridized carbons (Fsp3) is 0.222. The Morgan fingerprint density at radius 3 is 3.00 bits per heavy atom. The molecule has 0 bridgehead atoms. The Morgan fingerprint density at radius 1 is 1.62 bits per heavy atom. The van der Waals surface area contributed by atoms with Crippen molar-refractivity contribution in [2.24, 2.45) is 0 Å². The first-order valence-corrected chi connectivity index (χ1v) is 5.89.